The van der Waals surface area contributed by atoms with E-state index in [9.17, 15) is 9.90 Å². The maximum atomic E-state index is 13.7. The number of hydrogen-bond donors (Lipinski definition) is 2. The Balaban J connectivity index is 1.03. The van der Waals surface area contributed by atoms with Gasteiger partial charge in [-0.15, -0.1) is 0 Å². The number of anilines is 1. The standard InChI is InChI=1S/C33H36N6O3/c1-32-15-19-17-37-39(28-7-3-4-12-34-28)24(19)14-20(32)8-9-21-22-10-11-23(33(22,2)16-25(40)29(21)32)26(41)18-36-31-38-30-27(42-31)6-5-13-35-30/h3-7,12-14,17,21-23,25,29,40H,8-11,15-16,18H2,1-2H3,(H,35,36,38). The number of fused-ring (bicyclic) bond motifs is 7. The van der Waals surface area contributed by atoms with Gasteiger partial charge in [0.1, 0.15) is 0 Å². The Morgan fingerprint density at radius 1 is 1.14 bits per heavy atom. The van der Waals surface area contributed by atoms with Crippen molar-refractivity contribution >= 4 is 29.1 Å². The Bertz CT molecular complexity index is 1680. The fraction of sp³-hybridized carbons (Fsp3) is 0.485. The van der Waals surface area contributed by atoms with E-state index in [0.29, 0.717) is 35.5 Å². The van der Waals surface area contributed by atoms with Crippen LogP contribution in [0.1, 0.15) is 57.2 Å². The molecule has 4 aromatic rings. The summed E-state index contributed by atoms with van der Waals surface area (Å²) >= 11 is 0. The molecule has 4 heterocycles. The summed E-state index contributed by atoms with van der Waals surface area (Å²) < 4.78 is 7.67. The van der Waals surface area contributed by atoms with E-state index >= 15 is 0 Å². The molecule has 7 unspecified atom stereocenters. The molecule has 9 heteroatoms. The van der Waals surface area contributed by atoms with E-state index in [1.54, 1.807) is 18.5 Å². The molecule has 7 atom stereocenters. The van der Waals surface area contributed by atoms with Crippen molar-refractivity contribution in [1.29, 1.82) is 0 Å². The van der Waals surface area contributed by atoms with Crippen LogP contribution in [0.15, 0.2) is 58.9 Å². The lowest BCUT2D eigenvalue weighted by Crippen LogP contribution is -2.57. The Morgan fingerprint density at radius 2 is 2.02 bits per heavy atom. The lowest BCUT2D eigenvalue weighted by molar-refractivity contribution is -0.140. The van der Waals surface area contributed by atoms with Gasteiger partial charge in [0, 0.05) is 18.3 Å². The zero-order chi connectivity index (χ0) is 28.6. The summed E-state index contributed by atoms with van der Waals surface area (Å²) in [4.78, 5) is 26.7. The first-order valence-electron chi connectivity index (χ1n) is 15.2. The topological polar surface area (TPSA) is 119 Å². The van der Waals surface area contributed by atoms with Crippen LogP contribution in [0.4, 0.5) is 6.01 Å². The summed E-state index contributed by atoms with van der Waals surface area (Å²) in [5, 5.41) is 19.7. The molecule has 42 heavy (non-hydrogen) atoms. The highest BCUT2D eigenvalue weighted by Crippen LogP contribution is 2.66. The van der Waals surface area contributed by atoms with E-state index in [4.69, 9.17) is 9.52 Å². The minimum Gasteiger partial charge on any atom is -0.422 e. The fourth-order valence-corrected chi connectivity index (χ4v) is 9.51. The second-order valence-corrected chi connectivity index (χ2v) is 13.3. The highest BCUT2D eigenvalue weighted by Gasteiger charge is 2.63. The largest absolute Gasteiger partial charge is 0.422 e. The van der Waals surface area contributed by atoms with Crippen molar-refractivity contribution in [1.82, 2.24) is 24.7 Å². The first kappa shape index (κ1) is 25.8. The number of aliphatic hydroxyl groups is 1. The third kappa shape index (κ3) is 3.75. The van der Waals surface area contributed by atoms with Gasteiger partial charge in [-0.25, -0.2) is 14.6 Å². The maximum Gasteiger partial charge on any atom is 0.297 e. The minimum absolute atomic E-state index is 0.0904. The molecule has 8 rings (SSSR count). The lowest BCUT2D eigenvalue weighted by atomic mass is 9.46. The van der Waals surface area contributed by atoms with Gasteiger partial charge < -0.3 is 14.8 Å². The van der Waals surface area contributed by atoms with Crippen LogP contribution >= 0.6 is 0 Å². The Labute approximate surface area is 244 Å². The molecule has 0 spiro atoms. The van der Waals surface area contributed by atoms with Crippen molar-refractivity contribution in [2.24, 2.45) is 34.5 Å². The summed E-state index contributed by atoms with van der Waals surface area (Å²) in [6.45, 7) is 4.79. The number of Topliss-reactive ketones (excluding diaryl/α,β-unsaturated/α-hetero) is 1. The number of nitrogens with zero attached hydrogens (tertiary/aromatic N) is 5. The molecule has 0 aromatic carbocycles. The number of carbonyl (C=O) groups excluding carboxylic acids is 1. The molecule has 2 N–H and O–H groups in total. The molecule has 216 valence electrons. The Kier molecular flexibility index (Phi) is 5.74. The van der Waals surface area contributed by atoms with Gasteiger partial charge in [-0.05, 0) is 103 Å². The molecule has 4 aromatic heterocycles. The zero-order valence-corrected chi connectivity index (χ0v) is 24.0. The van der Waals surface area contributed by atoms with Gasteiger partial charge in [-0.2, -0.15) is 10.1 Å². The van der Waals surface area contributed by atoms with Crippen molar-refractivity contribution in [3.05, 3.63) is 65.8 Å². The predicted octanol–water partition coefficient (Wildman–Crippen LogP) is 5.25. The average molecular weight is 565 g/mol. The molecular weight excluding hydrogens is 528 g/mol. The van der Waals surface area contributed by atoms with E-state index < -0.39 is 6.10 Å². The van der Waals surface area contributed by atoms with Crippen LogP contribution in [0.3, 0.4) is 0 Å². The summed E-state index contributed by atoms with van der Waals surface area (Å²) in [5.41, 5.74) is 4.53. The first-order chi connectivity index (χ1) is 20.3. The molecule has 3 fully saturated rings. The molecule has 9 nitrogen and oxygen atoms in total. The molecule has 0 amide bonds. The molecule has 0 bridgehead atoms. The van der Waals surface area contributed by atoms with E-state index in [2.05, 4.69) is 40.2 Å². The normalized spacial score (nSPS) is 33.3. The lowest BCUT2D eigenvalue weighted by Gasteiger charge is -2.59. The summed E-state index contributed by atoms with van der Waals surface area (Å²) in [6.07, 6.45) is 12.8. The van der Waals surface area contributed by atoms with Gasteiger partial charge in [0.2, 0.25) is 5.65 Å². The monoisotopic (exact) mass is 564 g/mol. The van der Waals surface area contributed by atoms with Crippen LogP contribution in [-0.4, -0.2) is 48.3 Å². The summed E-state index contributed by atoms with van der Waals surface area (Å²) in [7, 11) is 0. The smallest absolute Gasteiger partial charge is 0.297 e. The van der Waals surface area contributed by atoms with Gasteiger partial charge in [-0.3, -0.25) is 4.79 Å². The maximum absolute atomic E-state index is 13.7. The number of aliphatic hydroxyl groups excluding tert-OH is 1. The van der Waals surface area contributed by atoms with Crippen LogP contribution in [-0.2, 0) is 11.2 Å². The van der Waals surface area contributed by atoms with Crippen LogP contribution in [0.25, 0.3) is 23.1 Å². The van der Waals surface area contributed by atoms with Crippen LogP contribution in [0.2, 0.25) is 0 Å². The minimum atomic E-state index is -0.457. The number of aromatic nitrogens is 5. The first-order valence-corrected chi connectivity index (χ1v) is 15.2. The van der Waals surface area contributed by atoms with E-state index in [1.807, 2.05) is 35.1 Å². The highest BCUT2D eigenvalue weighted by molar-refractivity contribution is 5.86. The molecule has 0 aliphatic heterocycles. The molecule has 3 saturated carbocycles. The molecule has 4 aliphatic carbocycles. The number of carbonyl (C=O) groups is 1. The molecule has 4 aliphatic rings. The third-order valence-corrected chi connectivity index (χ3v) is 11.3. The highest BCUT2D eigenvalue weighted by atomic mass is 16.4. The molecule has 0 saturated heterocycles. The number of oxazole rings is 1. The zero-order valence-electron chi connectivity index (χ0n) is 24.0. The van der Waals surface area contributed by atoms with Crippen molar-refractivity contribution in [2.45, 2.75) is 58.5 Å². The summed E-state index contributed by atoms with van der Waals surface area (Å²) in [5.74, 6) is 1.89. The van der Waals surface area contributed by atoms with E-state index in [0.717, 1.165) is 43.6 Å². The van der Waals surface area contributed by atoms with Gasteiger partial charge in [0.05, 0.1) is 24.5 Å². The van der Waals surface area contributed by atoms with Crippen molar-refractivity contribution in [3.8, 4) is 5.82 Å². The Morgan fingerprint density at radius 3 is 2.86 bits per heavy atom. The number of allylic oxidation sites excluding steroid dienone is 1. The summed E-state index contributed by atoms with van der Waals surface area (Å²) in [6, 6.07) is 9.83. The number of hydrogen-bond acceptors (Lipinski definition) is 8. The van der Waals surface area contributed by atoms with Crippen molar-refractivity contribution in [3.63, 3.8) is 0 Å². The fourth-order valence-electron chi connectivity index (χ4n) is 9.51. The van der Waals surface area contributed by atoms with Crippen molar-refractivity contribution < 1.29 is 14.3 Å². The van der Waals surface area contributed by atoms with Crippen LogP contribution < -0.4 is 5.32 Å². The van der Waals surface area contributed by atoms with Gasteiger partial charge >= 0.3 is 0 Å². The van der Waals surface area contributed by atoms with Crippen LogP contribution in [0.5, 0.6) is 0 Å². The second-order valence-electron chi connectivity index (χ2n) is 13.3. The Hall–Kier alpha value is -3.85. The second kappa shape index (κ2) is 9.33. The average Bonchev–Trinajstić information content (AvgIpc) is 3.68. The number of ketones is 1. The number of nitrogens with one attached hydrogen (secondary N) is 1. The quantitative estimate of drug-likeness (QED) is 0.337. The molecular formula is C33H36N6O3. The van der Waals surface area contributed by atoms with Gasteiger partial charge in [-0.1, -0.05) is 25.5 Å². The van der Waals surface area contributed by atoms with Crippen molar-refractivity contribution in [2.75, 3.05) is 11.9 Å². The molecule has 0 radical (unpaired) electrons. The van der Waals surface area contributed by atoms with Crippen LogP contribution in [0, 0.1) is 34.5 Å². The van der Waals surface area contributed by atoms with Gasteiger partial charge in [0.25, 0.3) is 6.01 Å². The number of pyridine rings is 2. The van der Waals surface area contributed by atoms with E-state index in [-0.39, 0.29) is 35.0 Å². The third-order valence-electron chi connectivity index (χ3n) is 11.3. The number of rotatable bonds is 5. The van der Waals surface area contributed by atoms with Gasteiger partial charge in [0.15, 0.2) is 17.2 Å². The SMILES string of the molecule is CC12Cc3cnn(-c4ccccn4)c3C=C1CCC1C2C(O)CC2(C)C(C(=O)CNc3nc4ncccc4o3)CCC12. The predicted molar refractivity (Wildman–Crippen MR) is 158 cm³/mol. The van der Waals surface area contributed by atoms with E-state index in [1.165, 1.54) is 11.1 Å².